The molecule has 0 radical (unpaired) electrons. The second-order valence-corrected chi connectivity index (χ2v) is 35.4. The van der Waals surface area contributed by atoms with Crippen LogP contribution in [0.4, 0.5) is 0 Å². The summed E-state index contributed by atoms with van der Waals surface area (Å²) in [6, 6.07) is 59.2. The Balaban J connectivity index is 1.03. The Hall–Kier alpha value is -7.68. The Morgan fingerprint density at radius 3 is 1.37 bits per heavy atom. The molecule has 1 fully saturated rings. The standard InChI is InChI=1S/C73H86N4O10Si2/c1-70(2,3)88(11,12)85-48-65-64(87-89(13,14)71(4,5)6)44-66(86-65)77-50-76-67-68(77)74-49-75-69(67)82-45-51-25-26-52(46-83-72(54-21-17-15-18-22-54,56-27-35-60(78-7)36-28-56)57-29-37-61(79-8)38-30-57)53(43-51)47-84-73(55-23-19-16-20-24-55,58-31-39-62(80-9)40-32-58)59-33-41-63(81-10)42-34-59/h15-43,49-50,64-66H,44-48H2,1-14H3/t64-,65+,66+/m0/s1. The Bertz CT molecular complexity index is 3660. The van der Waals surface area contributed by atoms with E-state index >= 15 is 0 Å². The molecule has 16 heteroatoms. The molecule has 89 heavy (non-hydrogen) atoms. The van der Waals surface area contributed by atoms with E-state index < -0.39 is 34.1 Å². The molecule has 14 nitrogen and oxygen atoms in total. The first-order valence-corrected chi connectivity index (χ1v) is 36.3. The molecule has 466 valence electrons. The molecule has 2 aromatic heterocycles. The first kappa shape index (κ1) is 64.3. The minimum atomic E-state index is -2.21. The van der Waals surface area contributed by atoms with Crippen molar-refractivity contribution in [1.29, 1.82) is 0 Å². The van der Waals surface area contributed by atoms with E-state index in [1.807, 2.05) is 89.5 Å². The van der Waals surface area contributed by atoms with Crippen LogP contribution >= 0.6 is 0 Å². The van der Waals surface area contributed by atoms with Crippen LogP contribution < -0.4 is 23.7 Å². The zero-order valence-electron chi connectivity index (χ0n) is 54.0. The van der Waals surface area contributed by atoms with Gasteiger partial charge in [0.25, 0.3) is 0 Å². The fourth-order valence-electron chi connectivity index (χ4n) is 11.1. The van der Waals surface area contributed by atoms with E-state index in [0.29, 0.717) is 30.1 Å². The van der Waals surface area contributed by atoms with Gasteiger partial charge in [0.15, 0.2) is 27.8 Å². The summed E-state index contributed by atoms with van der Waals surface area (Å²) in [7, 11) is 2.37. The fraction of sp³-hybridized carbons (Fsp3) is 0.356. The van der Waals surface area contributed by atoms with Gasteiger partial charge in [-0.15, -0.1) is 0 Å². The van der Waals surface area contributed by atoms with Crippen LogP contribution in [0.15, 0.2) is 189 Å². The van der Waals surface area contributed by atoms with Crippen molar-refractivity contribution < 1.29 is 46.7 Å². The summed E-state index contributed by atoms with van der Waals surface area (Å²) in [4.78, 5) is 14.4. The Morgan fingerprint density at radius 1 is 0.494 bits per heavy atom. The topological polar surface area (TPSA) is 136 Å². The first-order chi connectivity index (χ1) is 42.6. The highest BCUT2D eigenvalue weighted by Crippen LogP contribution is 2.47. The highest BCUT2D eigenvalue weighted by atomic mass is 28.4. The molecule has 0 spiro atoms. The van der Waals surface area contributed by atoms with Gasteiger partial charge in [0.05, 0.1) is 60.7 Å². The Labute approximate surface area is 527 Å². The van der Waals surface area contributed by atoms with Gasteiger partial charge in [-0.3, -0.25) is 4.57 Å². The molecule has 0 aliphatic carbocycles. The van der Waals surface area contributed by atoms with Crippen LogP contribution in [-0.2, 0) is 54.1 Å². The van der Waals surface area contributed by atoms with E-state index in [0.717, 1.165) is 73.1 Å². The number of nitrogens with zero attached hydrogens (tertiary/aromatic N) is 4. The van der Waals surface area contributed by atoms with Gasteiger partial charge in [0.2, 0.25) is 5.88 Å². The molecular weight excluding hydrogens is 1150 g/mol. The summed E-state index contributed by atoms with van der Waals surface area (Å²) >= 11 is 0. The van der Waals surface area contributed by atoms with Crippen LogP contribution in [0.25, 0.3) is 11.2 Å². The summed E-state index contributed by atoms with van der Waals surface area (Å²) in [6.45, 7) is 23.6. The van der Waals surface area contributed by atoms with Crippen molar-refractivity contribution in [2.24, 2.45) is 0 Å². The smallest absolute Gasteiger partial charge is 0.245 e. The van der Waals surface area contributed by atoms with Crippen molar-refractivity contribution in [1.82, 2.24) is 19.5 Å². The number of methoxy groups -OCH3 is 4. The Morgan fingerprint density at radius 2 is 0.933 bits per heavy atom. The molecule has 3 atom stereocenters. The number of rotatable bonds is 25. The second-order valence-electron chi connectivity index (χ2n) is 25.8. The van der Waals surface area contributed by atoms with Gasteiger partial charge in [-0.2, -0.15) is 4.98 Å². The SMILES string of the molecule is COc1ccc(C(OCc2ccc(COc3ncnc4c3ncn4[C@H]3C[C@H](O[Si](C)(C)C(C)(C)C)[C@@H](CO[Si](C)(C)C(C)(C)C)O3)cc2COC(c2ccccc2)(c2ccc(OC)cc2)c2ccc(OC)cc2)(c2ccccc2)c2ccc(OC)cc2)cc1. The van der Waals surface area contributed by atoms with Gasteiger partial charge in [-0.1, -0.05) is 163 Å². The van der Waals surface area contributed by atoms with Gasteiger partial charge in [-0.25, -0.2) is 9.97 Å². The third-order valence-electron chi connectivity index (χ3n) is 18.4. The molecule has 0 saturated carbocycles. The predicted octanol–water partition coefficient (Wildman–Crippen LogP) is 16.2. The predicted molar refractivity (Wildman–Crippen MR) is 354 cm³/mol. The zero-order chi connectivity index (χ0) is 63.2. The highest BCUT2D eigenvalue weighted by Gasteiger charge is 2.47. The molecule has 1 aliphatic rings. The number of fused-ring (bicyclic) bond motifs is 1. The minimum absolute atomic E-state index is 0.00418. The number of imidazole rings is 1. The molecule has 9 aromatic rings. The molecular formula is C73H86N4O10Si2. The van der Waals surface area contributed by atoms with E-state index in [9.17, 15) is 0 Å². The lowest BCUT2D eigenvalue weighted by Gasteiger charge is -2.40. The maximum absolute atomic E-state index is 7.67. The zero-order valence-corrected chi connectivity index (χ0v) is 56.0. The second kappa shape index (κ2) is 26.8. The molecule has 0 bridgehead atoms. The van der Waals surface area contributed by atoms with Crippen molar-refractivity contribution in [3.05, 3.63) is 239 Å². The number of hydrogen-bond acceptors (Lipinski definition) is 13. The average molecular weight is 1240 g/mol. The van der Waals surface area contributed by atoms with Gasteiger partial charge in [0.1, 0.15) is 59.5 Å². The van der Waals surface area contributed by atoms with Gasteiger partial charge in [-0.05, 0) is 141 Å². The first-order valence-electron chi connectivity index (χ1n) is 30.5. The lowest BCUT2D eigenvalue weighted by atomic mass is 9.79. The summed E-state index contributed by atoms with van der Waals surface area (Å²) in [5.41, 5.74) is 7.01. The monoisotopic (exact) mass is 1230 g/mol. The minimum Gasteiger partial charge on any atom is -0.497 e. The number of ether oxygens (including phenoxy) is 8. The number of hydrogen-bond donors (Lipinski definition) is 0. The maximum Gasteiger partial charge on any atom is 0.245 e. The summed E-state index contributed by atoms with van der Waals surface area (Å²) < 4.78 is 67.7. The van der Waals surface area contributed by atoms with Crippen molar-refractivity contribution in [2.45, 2.75) is 134 Å². The van der Waals surface area contributed by atoms with E-state index in [4.69, 9.17) is 56.7 Å². The molecule has 0 amide bonds. The van der Waals surface area contributed by atoms with E-state index in [2.05, 4.69) is 164 Å². The largest absolute Gasteiger partial charge is 0.497 e. The van der Waals surface area contributed by atoms with Gasteiger partial charge in [0, 0.05) is 6.42 Å². The third-order valence-corrected chi connectivity index (χ3v) is 27.4. The summed E-state index contributed by atoms with van der Waals surface area (Å²) in [6.07, 6.45) is 3.04. The summed E-state index contributed by atoms with van der Waals surface area (Å²) in [5, 5.41) is 0.0426. The average Bonchev–Trinajstić information content (AvgIpc) is 1.11. The molecule has 0 unspecified atom stereocenters. The van der Waals surface area contributed by atoms with Crippen LogP contribution in [-0.4, -0.2) is 83.4 Å². The molecule has 1 saturated heterocycles. The molecule has 0 N–H and O–H groups in total. The quantitative estimate of drug-likeness (QED) is 0.0397. The summed E-state index contributed by atoms with van der Waals surface area (Å²) in [5.74, 6) is 3.26. The van der Waals surface area contributed by atoms with Crippen LogP contribution in [0.1, 0.15) is 104 Å². The molecule has 3 heterocycles. The fourth-order valence-corrected chi connectivity index (χ4v) is 13.4. The molecule has 7 aromatic carbocycles. The maximum atomic E-state index is 7.67. The number of benzene rings is 7. The van der Waals surface area contributed by atoms with Crippen molar-refractivity contribution in [2.75, 3.05) is 35.0 Å². The highest BCUT2D eigenvalue weighted by molar-refractivity contribution is 6.74. The van der Waals surface area contributed by atoms with Crippen molar-refractivity contribution in [3.63, 3.8) is 0 Å². The van der Waals surface area contributed by atoms with Crippen LogP contribution in [0.3, 0.4) is 0 Å². The van der Waals surface area contributed by atoms with E-state index in [1.165, 1.54) is 6.33 Å². The normalized spacial score (nSPS) is 15.9. The molecule has 10 rings (SSSR count). The van der Waals surface area contributed by atoms with E-state index in [-0.39, 0.29) is 42.1 Å². The van der Waals surface area contributed by atoms with Crippen molar-refractivity contribution in [3.8, 4) is 28.9 Å². The molecule has 1 aliphatic heterocycles. The van der Waals surface area contributed by atoms with Crippen LogP contribution in [0.2, 0.25) is 36.3 Å². The van der Waals surface area contributed by atoms with Crippen LogP contribution in [0, 0.1) is 0 Å². The van der Waals surface area contributed by atoms with Crippen molar-refractivity contribution >= 4 is 27.8 Å². The van der Waals surface area contributed by atoms with Crippen LogP contribution in [0.5, 0.6) is 28.9 Å². The van der Waals surface area contributed by atoms with E-state index in [1.54, 1.807) is 34.8 Å². The lowest BCUT2D eigenvalue weighted by Crippen LogP contribution is -2.48. The van der Waals surface area contributed by atoms with Gasteiger partial charge < -0.3 is 46.7 Å². The number of aromatic nitrogens is 4. The van der Waals surface area contributed by atoms with Gasteiger partial charge >= 0.3 is 0 Å². The Kier molecular flexibility index (Phi) is 19.4. The third kappa shape index (κ3) is 13.6. The lowest BCUT2D eigenvalue weighted by molar-refractivity contribution is -0.0383.